The van der Waals surface area contributed by atoms with E-state index in [9.17, 15) is 14.7 Å². The van der Waals surface area contributed by atoms with E-state index in [1.165, 1.54) is 25.3 Å². The van der Waals surface area contributed by atoms with Crippen molar-refractivity contribution in [1.29, 1.82) is 0 Å². The molecule has 1 aromatic rings. The first-order valence-corrected chi connectivity index (χ1v) is 5.98. The number of phenolic OH excluding ortho intramolecular Hbond substituents is 1. The van der Waals surface area contributed by atoms with E-state index in [0.717, 1.165) is 6.42 Å². The summed E-state index contributed by atoms with van der Waals surface area (Å²) in [6.07, 6.45) is 0.758. The van der Waals surface area contributed by atoms with Crippen molar-refractivity contribution >= 4 is 11.9 Å². The normalized spacial score (nSPS) is 18.4. The van der Waals surface area contributed by atoms with E-state index in [0.29, 0.717) is 13.1 Å². The maximum Gasteiger partial charge on any atom is 0.338 e. The van der Waals surface area contributed by atoms with Gasteiger partial charge in [-0.05, 0) is 24.6 Å². The van der Waals surface area contributed by atoms with E-state index in [1.54, 1.807) is 4.90 Å². The standard InChI is InChI=1S/C13H16N2O4/c1-19-13(18)9-4-8(5-11(16)6-9)12(17)15-3-2-10(14)7-15/h4-6,10,16H,2-3,7,14H2,1H3/t10-/m0/s1. The molecule has 19 heavy (non-hydrogen) atoms. The fraction of sp³-hybridized carbons (Fsp3) is 0.385. The number of hydrogen-bond acceptors (Lipinski definition) is 5. The summed E-state index contributed by atoms with van der Waals surface area (Å²) in [7, 11) is 1.24. The number of esters is 1. The zero-order valence-corrected chi connectivity index (χ0v) is 10.6. The van der Waals surface area contributed by atoms with Gasteiger partial charge in [-0.15, -0.1) is 0 Å². The Labute approximate surface area is 110 Å². The summed E-state index contributed by atoms with van der Waals surface area (Å²) in [6.45, 7) is 1.07. The molecule has 6 heteroatoms. The van der Waals surface area contributed by atoms with Crippen molar-refractivity contribution in [3.8, 4) is 5.75 Å². The Hall–Kier alpha value is -2.08. The number of aromatic hydroxyl groups is 1. The predicted octanol–water partition coefficient (Wildman–Crippen LogP) is 0.352. The lowest BCUT2D eigenvalue weighted by atomic mass is 10.1. The second-order valence-corrected chi connectivity index (χ2v) is 4.56. The molecule has 0 bridgehead atoms. The topological polar surface area (TPSA) is 92.9 Å². The van der Waals surface area contributed by atoms with Crippen LogP contribution in [0.3, 0.4) is 0 Å². The van der Waals surface area contributed by atoms with Crippen LogP contribution < -0.4 is 5.73 Å². The first kappa shape index (κ1) is 13.4. The molecule has 1 saturated heterocycles. The van der Waals surface area contributed by atoms with Crippen molar-refractivity contribution in [2.24, 2.45) is 5.73 Å². The molecule has 1 atom stereocenters. The van der Waals surface area contributed by atoms with E-state index in [2.05, 4.69) is 4.74 Å². The minimum Gasteiger partial charge on any atom is -0.508 e. The number of carbonyl (C=O) groups excluding carboxylic acids is 2. The highest BCUT2D eigenvalue weighted by molar-refractivity contribution is 5.98. The third kappa shape index (κ3) is 2.85. The Morgan fingerprint density at radius 3 is 2.63 bits per heavy atom. The number of benzene rings is 1. The second-order valence-electron chi connectivity index (χ2n) is 4.56. The number of likely N-dealkylation sites (tertiary alicyclic amines) is 1. The molecule has 6 nitrogen and oxygen atoms in total. The third-order valence-electron chi connectivity index (χ3n) is 3.10. The van der Waals surface area contributed by atoms with Gasteiger partial charge >= 0.3 is 5.97 Å². The maximum absolute atomic E-state index is 12.2. The highest BCUT2D eigenvalue weighted by atomic mass is 16.5. The number of nitrogens with two attached hydrogens (primary N) is 1. The lowest BCUT2D eigenvalue weighted by Gasteiger charge is -2.16. The minimum atomic E-state index is -0.594. The number of nitrogens with zero attached hydrogens (tertiary/aromatic N) is 1. The van der Waals surface area contributed by atoms with Crippen molar-refractivity contribution < 1.29 is 19.4 Å². The van der Waals surface area contributed by atoms with Crippen LogP contribution in [0, 0.1) is 0 Å². The average Bonchev–Trinajstić information content (AvgIpc) is 2.82. The van der Waals surface area contributed by atoms with Crippen LogP contribution in [0.25, 0.3) is 0 Å². The highest BCUT2D eigenvalue weighted by Gasteiger charge is 2.25. The molecule has 1 amide bonds. The zero-order valence-electron chi connectivity index (χ0n) is 10.6. The Bertz CT molecular complexity index is 515. The molecule has 0 aromatic heterocycles. The van der Waals surface area contributed by atoms with E-state index < -0.39 is 5.97 Å². The fourth-order valence-corrected chi connectivity index (χ4v) is 2.12. The van der Waals surface area contributed by atoms with Crippen molar-refractivity contribution in [1.82, 2.24) is 4.90 Å². The molecule has 3 N–H and O–H groups in total. The summed E-state index contributed by atoms with van der Waals surface area (Å²) in [5, 5.41) is 9.58. The van der Waals surface area contributed by atoms with E-state index in [4.69, 9.17) is 5.73 Å². The molecule has 2 rings (SSSR count). The van der Waals surface area contributed by atoms with Gasteiger partial charge in [-0.3, -0.25) is 4.79 Å². The molecule has 0 unspecified atom stereocenters. The van der Waals surface area contributed by atoms with Gasteiger partial charge in [0.25, 0.3) is 5.91 Å². The average molecular weight is 264 g/mol. The Kier molecular flexibility index (Phi) is 3.71. The summed E-state index contributed by atoms with van der Waals surface area (Å²) in [6, 6.07) is 4.00. The highest BCUT2D eigenvalue weighted by Crippen LogP contribution is 2.19. The summed E-state index contributed by atoms with van der Waals surface area (Å²) < 4.78 is 4.57. The van der Waals surface area contributed by atoms with Crippen LogP contribution >= 0.6 is 0 Å². The van der Waals surface area contributed by atoms with Gasteiger partial charge in [-0.2, -0.15) is 0 Å². The first-order chi connectivity index (χ1) is 9.01. The lowest BCUT2D eigenvalue weighted by Crippen LogP contribution is -2.32. The van der Waals surface area contributed by atoms with Crippen LogP contribution in [0.1, 0.15) is 27.1 Å². The van der Waals surface area contributed by atoms with E-state index in [-0.39, 0.29) is 28.8 Å². The van der Waals surface area contributed by atoms with Gasteiger partial charge < -0.3 is 20.5 Å². The first-order valence-electron chi connectivity index (χ1n) is 5.98. The number of methoxy groups -OCH3 is 1. The zero-order chi connectivity index (χ0) is 14.0. The largest absolute Gasteiger partial charge is 0.508 e. The van der Waals surface area contributed by atoms with Gasteiger partial charge in [0.15, 0.2) is 0 Å². The smallest absolute Gasteiger partial charge is 0.338 e. The molecule has 1 aliphatic rings. The molecule has 1 aromatic carbocycles. The third-order valence-corrected chi connectivity index (χ3v) is 3.10. The molecule has 102 valence electrons. The molecule has 0 radical (unpaired) electrons. The summed E-state index contributed by atoms with van der Waals surface area (Å²) in [5.74, 6) is -0.980. The number of amides is 1. The van der Waals surface area contributed by atoms with Crippen LogP contribution in [0.15, 0.2) is 18.2 Å². The predicted molar refractivity (Wildman–Crippen MR) is 67.9 cm³/mol. The van der Waals surface area contributed by atoms with Crippen molar-refractivity contribution in [3.63, 3.8) is 0 Å². The summed E-state index contributed by atoms with van der Waals surface area (Å²) >= 11 is 0. The number of carbonyl (C=O) groups is 2. The van der Waals surface area contributed by atoms with Crippen LogP contribution in [0.2, 0.25) is 0 Å². The van der Waals surface area contributed by atoms with Crippen molar-refractivity contribution in [3.05, 3.63) is 29.3 Å². The molecule has 1 aliphatic heterocycles. The van der Waals surface area contributed by atoms with Crippen molar-refractivity contribution in [2.45, 2.75) is 12.5 Å². The Balaban J connectivity index is 2.26. The molecular weight excluding hydrogens is 248 g/mol. The van der Waals surface area contributed by atoms with Crippen LogP contribution in [0.5, 0.6) is 5.75 Å². The van der Waals surface area contributed by atoms with Crippen LogP contribution in [0.4, 0.5) is 0 Å². The molecule has 0 saturated carbocycles. The van der Waals surface area contributed by atoms with E-state index >= 15 is 0 Å². The van der Waals surface area contributed by atoms with Gasteiger partial charge in [-0.25, -0.2) is 4.79 Å². The van der Waals surface area contributed by atoms with Crippen LogP contribution in [-0.2, 0) is 4.74 Å². The van der Waals surface area contributed by atoms with Gasteiger partial charge in [0.2, 0.25) is 0 Å². The van der Waals surface area contributed by atoms with Gasteiger partial charge in [0.05, 0.1) is 12.7 Å². The van der Waals surface area contributed by atoms with Crippen LogP contribution in [-0.4, -0.2) is 48.1 Å². The Morgan fingerprint density at radius 2 is 2.05 bits per heavy atom. The monoisotopic (exact) mass is 264 g/mol. The quantitative estimate of drug-likeness (QED) is 0.752. The molecular formula is C13H16N2O4. The summed E-state index contributed by atoms with van der Waals surface area (Å²) in [5.41, 5.74) is 6.16. The summed E-state index contributed by atoms with van der Waals surface area (Å²) in [4.78, 5) is 25.3. The Morgan fingerprint density at radius 1 is 1.37 bits per heavy atom. The molecule has 1 fully saturated rings. The molecule has 0 aliphatic carbocycles. The van der Waals surface area contributed by atoms with Crippen molar-refractivity contribution in [2.75, 3.05) is 20.2 Å². The minimum absolute atomic E-state index is 0.0127. The SMILES string of the molecule is COC(=O)c1cc(O)cc(C(=O)N2CC[C@H](N)C2)c1. The molecule has 0 spiro atoms. The fourth-order valence-electron chi connectivity index (χ4n) is 2.12. The van der Waals surface area contributed by atoms with Gasteiger partial charge in [-0.1, -0.05) is 0 Å². The van der Waals surface area contributed by atoms with Gasteiger partial charge in [0, 0.05) is 24.7 Å². The number of phenols is 1. The number of ether oxygens (including phenoxy) is 1. The number of hydrogen-bond donors (Lipinski definition) is 2. The van der Waals surface area contributed by atoms with E-state index in [1.807, 2.05) is 0 Å². The maximum atomic E-state index is 12.2. The number of rotatable bonds is 2. The van der Waals surface area contributed by atoms with Gasteiger partial charge in [0.1, 0.15) is 5.75 Å². The second kappa shape index (κ2) is 5.27. The lowest BCUT2D eigenvalue weighted by molar-refractivity contribution is 0.0600. The molecule has 1 heterocycles.